The minimum atomic E-state index is -0.884. The number of carbonyl (C=O) groups excluding carboxylic acids is 1. The van der Waals surface area contributed by atoms with E-state index < -0.39 is 17.6 Å². The number of pyridine rings is 1. The summed E-state index contributed by atoms with van der Waals surface area (Å²) >= 11 is 6.31. The van der Waals surface area contributed by atoms with Gasteiger partial charge in [-0.1, -0.05) is 18.5 Å². The average molecular weight is 591 g/mol. The Hall–Kier alpha value is -2.53. The molecule has 2 aromatic heterocycles. The standard InChI is InChI=1S/C29H37ClF2N6O3/c1-15-10-19-18-7-6-17(38(18)27(39)41-28(2,3)4)13-37(19)25-20-22(15)33-24(30)21(32)23(20)34-26(35-25)40-14-29-8-5-9-36(29)12-16(31)11-29/h15-19H,5-14H2,1-4H3/t15-,16-,17-,18+,19+,29+/m1/s1. The minimum Gasteiger partial charge on any atom is -0.461 e. The summed E-state index contributed by atoms with van der Waals surface area (Å²) in [6, 6.07) is -0.169. The van der Waals surface area contributed by atoms with Crippen molar-refractivity contribution in [3.8, 4) is 6.01 Å². The number of ether oxygens (including phenoxy) is 2. The van der Waals surface area contributed by atoms with E-state index >= 15 is 4.39 Å². The van der Waals surface area contributed by atoms with Gasteiger partial charge in [0.2, 0.25) is 0 Å². The van der Waals surface area contributed by atoms with Gasteiger partial charge in [-0.05, 0) is 59.4 Å². The van der Waals surface area contributed by atoms with Gasteiger partial charge < -0.3 is 14.4 Å². The third-order valence-electron chi connectivity index (χ3n) is 9.70. The van der Waals surface area contributed by atoms with Gasteiger partial charge >= 0.3 is 12.1 Å². The number of aromatic nitrogens is 3. The Labute approximate surface area is 243 Å². The third kappa shape index (κ3) is 4.40. The zero-order valence-corrected chi connectivity index (χ0v) is 24.8. The molecule has 4 fully saturated rings. The van der Waals surface area contributed by atoms with Crippen molar-refractivity contribution in [2.24, 2.45) is 0 Å². The molecule has 2 bridgehead atoms. The summed E-state index contributed by atoms with van der Waals surface area (Å²) in [5.74, 6) is -0.220. The molecule has 0 radical (unpaired) electrons. The van der Waals surface area contributed by atoms with Crippen molar-refractivity contribution >= 4 is 34.4 Å². The van der Waals surface area contributed by atoms with Gasteiger partial charge in [0.25, 0.3) is 0 Å². The number of carbonyl (C=O) groups is 1. The summed E-state index contributed by atoms with van der Waals surface area (Å²) in [6.07, 6.45) is 3.45. The summed E-state index contributed by atoms with van der Waals surface area (Å²) in [5, 5.41) is 0.313. The highest BCUT2D eigenvalue weighted by molar-refractivity contribution is 6.30. The lowest BCUT2D eigenvalue weighted by Gasteiger charge is -2.47. The molecule has 1 amide bonds. The topological polar surface area (TPSA) is 83.9 Å². The van der Waals surface area contributed by atoms with Crippen LogP contribution in [0.25, 0.3) is 10.9 Å². The molecule has 222 valence electrons. The molecule has 41 heavy (non-hydrogen) atoms. The fraction of sp³-hybridized carbons (Fsp3) is 0.724. The number of amides is 1. The van der Waals surface area contributed by atoms with Crippen LogP contribution in [0, 0.1) is 5.82 Å². The quantitative estimate of drug-likeness (QED) is 0.449. The molecule has 5 aliphatic rings. The van der Waals surface area contributed by atoms with Crippen LogP contribution >= 0.6 is 11.6 Å². The van der Waals surface area contributed by atoms with Gasteiger partial charge in [-0.25, -0.2) is 18.6 Å². The van der Waals surface area contributed by atoms with Crippen LogP contribution in [-0.4, -0.2) is 92.5 Å². The van der Waals surface area contributed by atoms with Crippen LogP contribution < -0.4 is 9.64 Å². The lowest BCUT2D eigenvalue weighted by Crippen LogP contribution is -2.62. The molecule has 0 unspecified atom stereocenters. The Bertz CT molecular complexity index is 1410. The molecular formula is C29H37ClF2N6O3. The van der Waals surface area contributed by atoms with E-state index in [1.807, 2.05) is 32.6 Å². The smallest absolute Gasteiger partial charge is 0.410 e. The second-order valence-corrected chi connectivity index (χ2v) is 13.9. The normalized spacial score (nSPS) is 32.7. The van der Waals surface area contributed by atoms with Crippen molar-refractivity contribution < 1.29 is 23.0 Å². The molecule has 0 aromatic carbocycles. The first-order chi connectivity index (χ1) is 19.4. The maximum atomic E-state index is 15.6. The molecule has 5 aliphatic heterocycles. The maximum Gasteiger partial charge on any atom is 0.410 e. The van der Waals surface area contributed by atoms with Crippen molar-refractivity contribution in [3.05, 3.63) is 16.7 Å². The van der Waals surface area contributed by atoms with Crippen molar-refractivity contribution in [3.63, 3.8) is 0 Å². The summed E-state index contributed by atoms with van der Waals surface area (Å²) in [7, 11) is 0. The number of nitrogens with zero attached hydrogens (tertiary/aromatic N) is 6. The maximum absolute atomic E-state index is 15.6. The largest absolute Gasteiger partial charge is 0.461 e. The monoisotopic (exact) mass is 590 g/mol. The average Bonchev–Trinajstić information content (AvgIpc) is 3.51. The third-order valence-corrected chi connectivity index (χ3v) is 9.95. The Balaban J connectivity index is 1.28. The molecular weight excluding hydrogens is 554 g/mol. The minimum absolute atomic E-state index is 0.0540. The molecule has 0 aliphatic carbocycles. The number of alkyl halides is 1. The second-order valence-electron chi connectivity index (χ2n) is 13.6. The number of piperazine rings is 1. The Morgan fingerprint density at radius 2 is 1.98 bits per heavy atom. The van der Waals surface area contributed by atoms with E-state index in [4.69, 9.17) is 26.1 Å². The number of hydrogen-bond donors (Lipinski definition) is 0. The first kappa shape index (κ1) is 27.3. The molecule has 12 heteroatoms. The number of halogens is 3. The molecule has 0 N–H and O–H groups in total. The Morgan fingerprint density at radius 3 is 2.76 bits per heavy atom. The van der Waals surface area contributed by atoms with Crippen molar-refractivity contribution in [1.29, 1.82) is 0 Å². The van der Waals surface area contributed by atoms with Crippen LogP contribution in [0.1, 0.15) is 77.8 Å². The molecule has 0 spiro atoms. The molecule has 9 nitrogen and oxygen atoms in total. The van der Waals surface area contributed by atoms with Gasteiger partial charge in [0.05, 0.1) is 34.7 Å². The van der Waals surface area contributed by atoms with E-state index in [0.29, 0.717) is 42.8 Å². The molecule has 2 aromatic rings. The van der Waals surface area contributed by atoms with Gasteiger partial charge in [0.15, 0.2) is 11.0 Å². The second kappa shape index (κ2) is 9.49. The van der Waals surface area contributed by atoms with Crippen LogP contribution in [0.4, 0.5) is 19.4 Å². The zero-order valence-electron chi connectivity index (χ0n) is 24.0. The number of fused-ring (bicyclic) bond motifs is 6. The fourth-order valence-corrected chi connectivity index (χ4v) is 8.23. The van der Waals surface area contributed by atoms with Crippen LogP contribution in [0.5, 0.6) is 6.01 Å². The molecule has 4 saturated heterocycles. The highest BCUT2D eigenvalue weighted by Gasteiger charge is 2.52. The van der Waals surface area contributed by atoms with Crippen molar-refractivity contribution in [2.75, 3.05) is 31.1 Å². The summed E-state index contributed by atoms with van der Waals surface area (Å²) in [6.45, 7) is 9.70. The van der Waals surface area contributed by atoms with Gasteiger partial charge in [-0.2, -0.15) is 9.97 Å². The molecule has 7 heterocycles. The van der Waals surface area contributed by atoms with Crippen LogP contribution in [0.2, 0.25) is 5.15 Å². The highest BCUT2D eigenvalue weighted by Crippen LogP contribution is 2.47. The van der Waals surface area contributed by atoms with Gasteiger partial charge in [-0.15, -0.1) is 0 Å². The Morgan fingerprint density at radius 1 is 1.17 bits per heavy atom. The summed E-state index contributed by atoms with van der Waals surface area (Å²) < 4.78 is 42.0. The zero-order chi connectivity index (χ0) is 28.8. The lowest BCUT2D eigenvalue weighted by atomic mass is 9.92. The molecule has 6 atom stereocenters. The number of hydrogen-bond acceptors (Lipinski definition) is 8. The number of anilines is 1. The lowest BCUT2D eigenvalue weighted by molar-refractivity contribution is 0.00692. The van der Waals surface area contributed by atoms with E-state index in [-0.39, 0.29) is 59.0 Å². The molecule has 0 saturated carbocycles. The van der Waals surface area contributed by atoms with Crippen molar-refractivity contribution in [1.82, 2.24) is 24.8 Å². The van der Waals surface area contributed by atoms with E-state index in [0.717, 1.165) is 32.2 Å². The Kier molecular flexibility index (Phi) is 6.32. The highest BCUT2D eigenvalue weighted by atomic mass is 35.5. The van der Waals surface area contributed by atoms with Gasteiger partial charge in [0.1, 0.15) is 29.7 Å². The van der Waals surface area contributed by atoms with Gasteiger partial charge in [-0.3, -0.25) is 9.80 Å². The van der Waals surface area contributed by atoms with Crippen LogP contribution in [-0.2, 0) is 4.74 Å². The summed E-state index contributed by atoms with van der Waals surface area (Å²) in [4.78, 5) is 33.5. The van der Waals surface area contributed by atoms with Crippen LogP contribution in [0.15, 0.2) is 0 Å². The first-order valence-electron chi connectivity index (χ1n) is 14.8. The first-order valence-corrected chi connectivity index (χ1v) is 15.2. The van der Waals surface area contributed by atoms with Crippen LogP contribution in [0.3, 0.4) is 0 Å². The van der Waals surface area contributed by atoms with Gasteiger partial charge in [0, 0.05) is 25.4 Å². The SMILES string of the molecule is C[C@@H]1C[C@H]2[C@@H]3CC[C@H](CN2c2nc(OC[C@@]45CCCN4C[C@H](F)C5)nc4c(F)c(Cl)nc1c24)N3C(=O)OC(C)(C)C. The predicted molar refractivity (Wildman–Crippen MR) is 150 cm³/mol. The van der Waals surface area contributed by atoms with E-state index in [1.165, 1.54) is 0 Å². The van der Waals surface area contributed by atoms with Crippen molar-refractivity contribution in [2.45, 2.75) is 108 Å². The van der Waals surface area contributed by atoms with E-state index in [9.17, 15) is 9.18 Å². The van der Waals surface area contributed by atoms with E-state index in [2.05, 4.69) is 19.8 Å². The number of rotatable bonds is 3. The summed E-state index contributed by atoms with van der Waals surface area (Å²) in [5.41, 5.74) is -0.246. The molecule has 7 rings (SSSR count). The van der Waals surface area contributed by atoms with E-state index in [1.54, 1.807) is 0 Å². The fourth-order valence-electron chi connectivity index (χ4n) is 8.05. The predicted octanol–water partition coefficient (Wildman–Crippen LogP) is 5.24.